The molecular formula is C26H31N3O5. The van der Waals surface area contributed by atoms with Gasteiger partial charge in [-0.15, -0.1) is 0 Å². The number of benzene rings is 3. The van der Waals surface area contributed by atoms with E-state index in [1.165, 1.54) is 12.1 Å². The second-order valence-electron chi connectivity index (χ2n) is 8.44. The maximum Gasteiger partial charge on any atom is 0.164 e. The van der Waals surface area contributed by atoms with Crippen molar-refractivity contribution in [3.8, 4) is 17.2 Å². The number of nitrogens with zero attached hydrogens (tertiary/aromatic N) is 2. The Labute approximate surface area is 199 Å². The predicted octanol–water partition coefficient (Wildman–Crippen LogP) is 3.22. The van der Waals surface area contributed by atoms with E-state index >= 15 is 0 Å². The minimum Gasteiger partial charge on any atom is -0.595 e. The monoisotopic (exact) mass is 465 g/mol. The fraction of sp³-hybridized carbons (Fsp3) is 0.308. The third-order valence-corrected chi connectivity index (χ3v) is 6.22. The fourth-order valence-electron chi connectivity index (χ4n) is 4.50. The number of aromatic hydroxyl groups is 1. The molecule has 0 bridgehead atoms. The summed E-state index contributed by atoms with van der Waals surface area (Å²) in [5.74, 6) is 1.69. The van der Waals surface area contributed by atoms with Gasteiger partial charge in [-0.2, -0.15) is 5.23 Å². The van der Waals surface area contributed by atoms with Gasteiger partial charge in [0, 0.05) is 43.9 Å². The van der Waals surface area contributed by atoms with Crippen LogP contribution in [0.5, 0.6) is 17.2 Å². The zero-order valence-electron chi connectivity index (χ0n) is 19.5. The van der Waals surface area contributed by atoms with E-state index in [1.807, 2.05) is 48.5 Å². The van der Waals surface area contributed by atoms with Gasteiger partial charge in [-0.1, -0.05) is 24.3 Å². The van der Waals surface area contributed by atoms with Gasteiger partial charge < -0.3 is 19.8 Å². The highest BCUT2D eigenvalue weighted by Crippen LogP contribution is 2.37. The number of rotatable bonds is 8. The number of phenols is 1. The van der Waals surface area contributed by atoms with Gasteiger partial charge in [0.15, 0.2) is 5.69 Å². The molecule has 3 aromatic rings. The molecule has 0 radical (unpaired) electrons. The maximum absolute atomic E-state index is 11.7. The van der Waals surface area contributed by atoms with Crippen molar-refractivity contribution in [2.24, 2.45) is 0 Å². The van der Waals surface area contributed by atoms with Crippen LogP contribution in [0.25, 0.3) is 0 Å². The van der Waals surface area contributed by atoms with Crippen molar-refractivity contribution in [3.05, 3.63) is 88.6 Å². The number of hydrogen-bond donors (Lipinski definition) is 3. The molecular weight excluding hydrogens is 434 g/mol. The summed E-state index contributed by atoms with van der Waals surface area (Å²) < 4.78 is 10.6. The number of ether oxygens (including phenoxy) is 2. The first-order valence-corrected chi connectivity index (χ1v) is 11.3. The van der Waals surface area contributed by atoms with E-state index in [0.29, 0.717) is 18.7 Å². The lowest BCUT2D eigenvalue weighted by molar-refractivity contribution is -0.991. The Balaban J connectivity index is 1.68. The minimum atomic E-state index is -1.01. The summed E-state index contributed by atoms with van der Waals surface area (Å²) in [4.78, 5) is 4.57. The number of phenolic OH excluding ortho intramolecular Hbond substituents is 1. The Morgan fingerprint density at radius 1 is 0.853 bits per heavy atom. The average molecular weight is 466 g/mol. The van der Waals surface area contributed by atoms with Crippen molar-refractivity contribution in [3.63, 3.8) is 0 Å². The molecule has 1 fully saturated rings. The summed E-state index contributed by atoms with van der Waals surface area (Å²) in [6, 6.07) is 20.4. The van der Waals surface area contributed by atoms with Crippen LogP contribution < -0.4 is 14.7 Å². The molecule has 1 heterocycles. The lowest BCUT2D eigenvalue weighted by Crippen LogP contribution is -2.99. The molecule has 1 aliphatic heterocycles. The molecule has 0 aromatic heterocycles. The van der Waals surface area contributed by atoms with Gasteiger partial charge in [-0.25, -0.2) is 5.21 Å². The highest BCUT2D eigenvalue weighted by molar-refractivity contribution is 5.44. The van der Waals surface area contributed by atoms with Gasteiger partial charge >= 0.3 is 0 Å². The quantitative estimate of drug-likeness (QED) is 0.347. The zero-order valence-corrected chi connectivity index (χ0v) is 19.5. The summed E-state index contributed by atoms with van der Waals surface area (Å²) in [6.07, 6.45) is 0.680. The van der Waals surface area contributed by atoms with Crippen molar-refractivity contribution in [2.45, 2.75) is 25.7 Å². The molecule has 3 N–H and O–H groups in total. The van der Waals surface area contributed by atoms with Crippen molar-refractivity contribution in [1.82, 2.24) is 9.80 Å². The third-order valence-electron chi connectivity index (χ3n) is 6.22. The molecule has 1 atom stereocenters. The fourth-order valence-corrected chi connectivity index (χ4v) is 4.50. The summed E-state index contributed by atoms with van der Waals surface area (Å²) in [5.41, 5.74) is 2.99. The number of nitrogens with one attached hydrogen (secondary N) is 1. The van der Waals surface area contributed by atoms with Crippen LogP contribution in [-0.2, 0) is 13.1 Å². The van der Waals surface area contributed by atoms with Crippen molar-refractivity contribution in [2.75, 3.05) is 27.3 Å². The molecule has 0 aliphatic carbocycles. The SMILES string of the molecule is COc1ccc(CN2CCCN(Cc3ccc(OC)cc3)C2c2cc([NH+]([O-])O)ccc2O)cc1. The summed E-state index contributed by atoms with van der Waals surface area (Å²) in [5, 5.41) is 31.0. The van der Waals surface area contributed by atoms with Gasteiger partial charge in [0.2, 0.25) is 0 Å². The van der Waals surface area contributed by atoms with Crippen LogP contribution in [0.4, 0.5) is 5.69 Å². The first-order valence-electron chi connectivity index (χ1n) is 11.3. The van der Waals surface area contributed by atoms with Gasteiger partial charge in [0.05, 0.1) is 20.4 Å². The van der Waals surface area contributed by atoms with E-state index < -0.39 is 5.23 Å². The van der Waals surface area contributed by atoms with E-state index in [9.17, 15) is 15.5 Å². The van der Waals surface area contributed by atoms with Crippen molar-refractivity contribution >= 4 is 5.69 Å². The van der Waals surface area contributed by atoms with Crippen LogP contribution in [-0.4, -0.2) is 47.4 Å². The van der Waals surface area contributed by atoms with Crippen molar-refractivity contribution < 1.29 is 25.0 Å². The van der Waals surface area contributed by atoms with E-state index in [-0.39, 0.29) is 17.6 Å². The summed E-state index contributed by atoms with van der Waals surface area (Å²) in [6.45, 7) is 2.97. The topological polar surface area (TPSA) is 92.9 Å². The largest absolute Gasteiger partial charge is 0.595 e. The highest BCUT2D eigenvalue weighted by atomic mass is 16.8. The van der Waals surface area contributed by atoms with E-state index in [4.69, 9.17) is 9.47 Å². The molecule has 8 nitrogen and oxygen atoms in total. The zero-order chi connectivity index (χ0) is 24.1. The maximum atomic E-state index is 11.7. The summed E-state index contributed by atoms with van der Waals surface area (Å²) >= 11 is 0. The molecule has 180 valence electrons. The van der Waals surface area contributed by atoms with E-state index in [1.54, 1.807) is 20.3 Å². The van der Waals surface area contributed by atoms with E-state index in [2.05, 4.69) is 9.80 Å². The van der Waals surface area contributed by atoms with Crippen LogP contribution in [0.1, 0.15) is 29.3 Å². The van der Waals surface area contributed by atoms with Gasteiger partial charge in [0.25, 0.3) is 0 Å². The third kappa shape index (κ3) is 5.49. The standard InChI is InChI=1S/C26H31N3O5/c1-33-22-9-4-19(5-10-22)17-27-14-3-15-28(18-20-6-11-23(34-2)12-7-20)26(27)24-16-21(29(31)32)8-13-25(24)30/h4-13,16,26,29-31H,3,14-15,17-18H2,1-2H3. The summed E-state index contributed by atoms with van der Waals surface area (Å²) in [7, 11) is 3.29. The minimum absolute atomic E-state index is 0.0939. The van der Waals surface area contributed by atoms with Gasteiger partial charge in [-0.3, -0.25) is 9.80 Å². The van der Waals surface area contributed by atoms with Crippen LogP contribution >= 0.6 is 0 Å². The molecule has 0 saturated carbocycles. The Kier molecular flexibility index (Phi) is 7.66. The lowest BCUT2D eigenvalue weighted by atomic mass is 10.0. The lowest BCUT2D eigenvalue weighted by Gasteiger charge is -2.44. The van der Waals surface area contributed by atoms with Crippen LogP contribution in [0, 0.1) is 5.21 Å². The number of hydrogen-bond acceptors (Lipinski definition) is 7. The molecule has 1 unspecified atom stereocenters. The smallest absolute Gasteiger partial charge is 0.164 e. The molecule has 0 amide bonds. The van der Waals surface area contributed by atoms with Crippen LogP contribution in [0.15, 0.2) is 66.7 Å². The first kappa shape index (κ1) is 24.0. The second-order valence-corrected chi connectivity index (χ2v) is 8.44. The Hall–Kier alpha value is -3.14. The average Bonchev–Trinajstić information content (AvgIpc) is 2.85. The van der Waals surface area contributed by atoms with E-state index in [0.717, 1.165) is 42.1 Å². The van der Waals surface area contributed by atoms with Crippen molar-refractivity contribution in [1.29, 1.82) is 0 Å². The van der Waals surface area contributed by atoms with Gasteiger partial charge in [0.1, 0.15) is 17.2 Å². The van der Waals surface area contributed by atoms with Crippen LogP contribution in [0.3, 0.4) is 0 Å². The second kappa shape index (κ2) is 10.9. The normalized spacial score (nSPS) is 16.4. The Bertz CT molecular complexity index is 1020. The molecule has 34 heavy (non-hydrogen) atoms. The Morgan fingerprint density at radius 3 is 1.79 bits per heavy atom. The van der Waals surface area contributed by atoms with Gasteiger partial charge in [-0.05, 0) is 47.9 Å². The molecule has 8 heteroatoms. The predicted molar refractivity (Wildman–Crippen MR) is 128 cm³/mol. The highest BCUT2D eigenvalue weighted by Gasteiger charge is 2.33. The number of quaternary nitrogens is 1. The van der Waals surface area contributed by atoms with Crippen LogP contribution in [0.2, 0.25) is 0 Å². The molecule has 0 spiro atoms. The molecule has 4 rings (SSSR count). The Morgan fingerprint density at radius 2 is 1.35 bits per heavy atom. The molecule has 3 aromatic carbocycles. The first-order chi connectivity index (χ1) is 16.5. The molecule has 1 saturated heterocycles. The molecule has 1 aliphatic rings. The number of methoxy groups -OCH3 is 2.